The first-order valence-corrected chi connectivity index (χ1v) is 6.46. The monoisotopic (exact) mass is 269 g/mol. The number of aromatic nitrogens is 4. The summed E-state index contributed by atoms with van der Waals surface area (Å²) in [7, 11) is 0. The van der Waals surface area contributed by atoms with Gasteiger partial charge in [0.05, 0.1) is 12.2 Å². The molecule has 3 aromatic rings. The van der Waals surface area contributed by atoms with Crippen LogP contribution >= 0.6 is 0 Å². The predicted octanol–water partition coefficient (Wildman–Crippen LogP) is 2.13. The third-order valence-electron chi connectivity index (χ3n) is 3.13. The lowest BCUT2D eigenvalue weighted by Gasteiger charge is -2.01. The van der Waals surface area contributed by atoms with Crippen molar-refractivity contribution in [3.8, 4) is 11.3 Å². The summed E-state index contributed by atoms with van der Waals surface area (Å²) in [5.41, 5.74) is 8.47. The number of nitrogens with zero attached hydrogens (tertiary/aromatic N) is 4. The van der Waals surface area contributed by atoms with E-state index in [-0.39, 0.29) is 0 Å². The van der Waals surface area contributed by atoms with Gasteiger partial charge in [-0.15, -0.1) is 5.10 Å². The van der Waals surface area contributed by atoms with E-state index in [1.165, 1.54) is 0 Å². The van der Waals surface area contributed by atoms with Gasteiger partial charge in [0.15, 0.2) is 11.6 Å². The second-order valence-electron chi connectivity index (χ2n) is 4.48. The van der Waals surface area contributed by atoms with E-state index >= 15 is 0 Å². The number of hydrogen-bond acceptors (Lipinski definition) is 5. The van der Waals surface area contributed by atoms with Crippen molar-refractivity contribution in [2.75, 3.05) is 5.73 Å². The Hall–Kier alpha value is -2.63. The summed E-state index contributed by atoms with van der Waals surface area (Å²) in [5.74, 6) is 1.21. The maximum Gasteiger partial charge on any atom is 0.169 e. The Bertz CT molecular complexity index is 701. The molecule has 3 rings (SSSR count). The SMILES string of the molecule is CCc1c(N)nnn1Cc1cc(-c2ccccc2)on1. The van der Waals surface area contributed by atoms with E-state index in [1.807, 2.05) is 43.3 Å². The number of hydrogen-bond donors (Lipinski definition) is 1. The molecule has 6 nitrogen and oxygen atoms in total. The molecule has 0 aliphatic carbocycles. The minimum absolute atomic E-state index is 0.472. The maximum atomic E-state index is 5.76. The average Bonchev–Trinajstić information content (AvgIpc) is 3.08. The Labute approximate surface area is 116 Å². The Morgan fingerprint density at radius 1 is 1.25 bits per heavy atom. The van der Waals surface area contributed by atoms with E-state index in [0.717, 1.165) is 29.1 Å². The summed E-state index contributed by atoms with van der Waals surface area (Å²) >= 11 is 0. The third kappa shape index (κ3) is 2.27. The summed E-state index contributed by atoms with van der Waals surface area (Å²) in [4.78, 5) is 0. The van der Waals surface area contributed by atoms with Crippen molar-refractivity contribution in [3.05, 3.63) is 47.8 Å². The van der Waals surface area contributed by atoms with Gasteiger partial charge < -0.3 is 10.3 Å². The molecule has 102 valence electrons. The van der Waals surface area contributed by atoms with Crippen molar-refractivity contribution in [2.45, 2.75) is 19.9 Å². The second kappa shape index (κ2) is 5.16. The van der Waals surface area contributed by atoms with Crippen LogP contribution in [0.15, 0.2) is 40.9 Å². The standard InChI is InChI=1S/C14H15N5O/c1-2-12-14(15)16-18-19(12)9-11-8-13(20-17-11)10-6-4-3-5-7-10/h3-8H,2,9,15H2,1H3. The lowest BCUT2D eigenvalue weighted by Crippen LogP contribution is -2.06. The molecule has 0 saturated carbocycles. The first-order valence-electron chi connectivity index (χ1n) is 6.46. The van der Waals surface area contributed by atoms with Crippen LogP contribution in [0.5, 0.6) is 0 Å². The van der Waals surface area contributed by atoms with Crippen LogP contribution in [0.4, 0.5) is 5.82 Å². The fraction of sp³-hybridized carbons (Fsp3) is 0.214. The smallest absolute Gasteiger partial charge is 0.169 e. The molecule has 0 radical (unpaired) electrons. The predicted molar refractivity (Wildman–Crippen MR) is 74.9 cm³/mol. The zero-order chi connectivity index (χ0) is 13.9. The topological polar surface area (TPSA) is 82.8 Å². The molecule has 0 saturated heterocycles. The Balaban J connectivity index is 1.84. The van der Waals surface area contributed by atoms with Crippen molar-refractivity contribution >= 4 is 5.82 Å². The summed E-state index contributed by atoms with van der Waals surface area (Å²) in [6.07, 6.45) is 0.780. The van der Waals surface area contributed by atoms with Crippen molar-refractivity contribution in [2.24, 2.45) is 0 Å². The molecule has 0 unspecified atom stereocenters. The fourth-order valence-electron chi connectivity index (χ4n) is 2.12. The third-order valence-corrected chi connectivity index (χ3v) is 3.13. The number of benzene rings is 1. The average molecular weight is 269 g/mol. The molecule has 6 heteroatoms. The van der Waals surface area contributed by atoms with Crippen LogP contribution in [-0.4, -0.2) is 20.2 Å². The molecule has 0 aliphatic heterocycles. The van der Waals surface area contributed by atoms with E-state index in [9.17, 15) is 0 Å². The Morgan fingerprint density at radius 2 is 2.05 bits per heavy atom. The van der Waals surface area contributed by atoms with Gasteiger partial charge in [0.1, 0.15) is 5.69 Å². The van der Waals surface area contributed by atoms with Crippen LogP contribution < -0.4 is 5.73 Å². The van der Waals surface area contributed by atoms with Gasteiger partial charge in [-0.25, -0.2) is 4.68 Å². The van der Waals surface area contributed by atoms with E-state index in [2.05, 4.69) is 15.5 Å². The summed E-state index contributed by atoms with van der Waals surface area (Å²) in [6.45, 7) is 2.52. The highest BCUT2D eigenvalue weighted by atomic mass is 16.5. The molecule has 1 aromatic carbocycles. The molecule has 0 aliphatic rings. The van der Waals surface area contributed by atoms with Crippen molar-refractivity contribution in [1.82, 2.24) is 20.2 Å². The number of nitrogen functional groups attached to an aromatic ring is 1. The fourth-order valence-corrected chi connectivity index (χ4v) is 2.12. The molecule has 0 fully saturated rings. The van der Waals surface area contributed by atoms with E-state index < -0.39 is 0 Å². The van der Waals surface area contributed by atoms with Gasteiger partial charge in [0.25, 0.3) is 0 Å². The molecule has 2 aromatic heterocycles. The summed E-state index contributed by atoms with van der Waals surface area (Å²) in [6, 6.07) is 11.8. The Kier molecular flexibility index (Phi) is 3.20. The molecular weight excluding hydrogens is 254 g/mol. The zero-order valence-electron chi connectivity index (χ0n) is 11.2. The lowest BCUT2D eigenvalue weighted by atomic mass is 10.1. The van der Waals surface area contributed by atoms with E-state index in [0.29, 0.717) is 12.4 Å². The van der Waals surface area contributed by atoms with E-state index in [4.69, 9.17) is 10.3 Å². The van der Waals surface area contributed by atoms with Gasteiger partial charge >= 0.3 is 0 Å². The van der Waals surface area contributed by atoms with Gasteiger partial charge in [-0.1, -0.05) is 47.6 Å². The molecule has 0 bridgehead atoms. The molecular formula is C14H15N5O. The molecule has 0 amide bonds. The van der Waals surface area contributed by atoms with Crippen LogP contribution in [0.1, 0.15) is 18.3 Å². The first kappa shape index (κ1) is 12.4. The van der Waals surface area contributed by atoms with Crippen molar-refractivity contribution in [1.29, 1.82) is 0 Å². The molecule has 20 heavy (non-hydrogen) atoms. The van der Waals surface area contributed by atoms with Crippen LogP contribution in [0, 0.1) is 0 Å². The molecule has 2 N–H and O–H groups in total. The van der Waals surface area contributed by atoms with Gasteiger partial charge in [-0.2, -0.15) is 0 Å². The van der Waals surface area contributed by atoms with Gasteiger partial charge in [0, 0.05) is 11.6 Å². The highest BCUT2D eigenvalue weighted by Crippen LogP contribution is 2.20. The quantitative estimate of drug-likeness (QED) is 0.784. The molecule has 0 atom stereocenters. The van der Waals surface area contributed by atoms with Gasteiger partial charge in [0.2, 0.25) is 0 Å². The van der Waals surface area contributed by atoms with Crippen molar-refractivity contribution in [3.63, 3.8) is 0 Å². The Morgan fingerprint density at radius 3 is 2.80 bits per heavy atom. The molecule has 0 spiro atoms. The molecule has 2 heterocycles. The van der Waals surface area contributed by atoms with Crippen LogP contribution in [-0.2, 0) is 13.0 Å². The summed E-state index contributed by atoms with van der Waals surface area (Å²) < 4.78 is 7.11. The number of nitrogens with two attached hydrogens (primary N) is 1. The summed E-state index contributed by atoms with van der Waals surface area (Å²) in [5, 5.41) is 12.0. The minimum atomic E-state index is 0.472. The minimum Gasteiger partial charge on any atom is -0.381 e. The van der Waals surface area contributed by atoms with Gasteiger partial charge in [-0.05, 0) is 6.42 Å². The van der Waals surface area contributed by atoms with Crippen molar-refractivity contribution < 1.29 is 4.52 Å². The highest BCUT2D eigenvalue weighted by Gasteiger charge is 2.12. The lowest BCUT2D eigenvalue weighted by molar-refractivity contribution is 0.418. The highest BCUT2D eigenvalue weighted by molar-refractivity contribution is 5.56. The number of rotatable bonds is 4. The zero-order valence-corrected chi connectivity index (χ0v) is 11.2. The second-order valence-corrected chi connectivity index (χ2v) is 4.48. The largest absolute Gasteiger partial charge is 0.381 e. The maximum absolute atomic E-state index is 5.76. The normalized spacial score (nSPS) is 10.8. The van der Waals surface area contributed by atoms with Crippen LogP contribution in [0.2, 0.25) is 0 Å². The first-order chi connectivity index (χ1) is 9.78. The van der Waals surface area contributed by atoms with Crippen LogP contribution in [0.3, 0.4) is 0 Å². The van der Waals surface area contributed by atoms with E-state index in [1.54, 1.807) is 4.68 Å². The van der Waals surface area contributed by atoms with Gasteiger partial charge in [-0.3, -0.25) is 0 Å². The number of anilines is 1. The van der Waals surface area contributed by atoms with Crippen LogP contribution in [0.25, 0.3) is 11.3 Å².